The minimum atomic E-state index is -0.0853. The Morgan fingerprint density at radius 3 is 2.50 bits per heavy atom. The second-order valence-corrected chi connectivity index (χ2v) is 4.53. The SMILES string of the molecule is C[C@H]1C[C@H](c2ccc(Br)cc2)OC1=O. The van der Waals surface area contributed by atoms with Crippen LogP contribution < -0.4 is 0 Å². The molecule has 0 bridgehead atoms. The molecular weight excluding hydrogens is 244 g/mol. The van der Waals surface area contributed by atoms with Gasteiger partial charge in [0.15, 0.2) is 0 Å². The van der Waals surface area contributed by atoms with Crippen molar-refractivity contribution in [3.8, 4) is 0 Å². The van der Waals surface area contributed by atoms with E-state index < -0.39 is 0 Å². The predicted molar refractivity (Wildman–Crippen MR) is 56.8 cm³/mol. The average molecular weight is 255 g/mol. The van der Waals surface area contributed by atoms with Crippen LogP contribution in [0.1, 0.15) is 25.0 Å². The summed E-state index contributed by atoms with van der Waals surface area (Å²) in [5, 5.41) is 0. The van der Waals surface area contributed by atoms with E-state index in [1.165, 1.54) is 0 Å². The van der Waals surface area contributed by atoms with Crippen LogP contribution in [0.3, 0.4) is 0 Å². The summed E-state index contributed by atoms with van der Waals surface area (Å²) in [6, 6.07) is 7.90. The van der Waals surface area contributed by atoms with Gasteiger partial charge in [0, 0.05) is 10.9 Å². The van der Waals surface area contributed by atoms with Gasteiger partial charge in [-0.2, -0.15) is 0 Å². The van der Waals surface area contributed by atoms with E-state index >= 15 is 0 Å². The first-order valence-electron chi connectivity index (χ1n) is 4.63. The molecule has 0 aliphatic carbocycles. The van der Waals surface area contributed by atoms with Crippen molar-refractivity contribution in [2.24, 2.45) is 5.92 Å². The van der Waals surface area contributed by atoms with Crippen LogP contribution in [0, 0.1) is 5.92 Å². The number of carbonyl (C=O) groups is 1. The Hall–Kier alpha value is -0.830. The van der Waals surface area contributed by atoms with Crippen molar-refractivity contribution in [1.82, 2.24) is 0 Å². The smallest absolute Gasteiger partial charge is 0.309 e. The molecule has 0 aromatic heterocycles. The number of cyclic esters (lactones) is 1. The second kappa shape index (κ2) is 3.73. The quantitative estimate of drug-likeness (QED) is 0.721. The van der Waals surface area contributed by atoms with Crippen LogP contribution in [0.15, 0.2) is 28.7 Å². The van der Waals surface area contributed by atoms with Crippen LogP contribution in [0.5, 0.6) is 0 Å². The lowest BCUT2D eigenvalue weighted by atomic mass is 10.0. The van der Waals surface area contributed by atoms with Crippen LogP contribution >= 0.6 is 15.9 Å². The van der Waals surface area contributed by atoms with E-state index in [-0.39, 0.29) is 18.0 Å². The van der Waals surface area contributed by atoms with Gasteiger partial charge in [-0.1, -0.05) is 35.0 Å². The number of benzene rings is 1. The van der Waals surface area contributed by atoms with Crippen LogP contribution in [0.4, 0.5) is 0 Å². The van der Waals surface area contributed by atoms with Gasteiger partial charge in [-0.15, -0.1) is 0 Å². The van der Waals surface area contributed by atoms with Gasteiger partial charge < -0.3 is 4.74 Å². The lowest BCUT2D eigenvalue weighted by Crippen LogP contribution is -2.01. The summed E-state index contributed by atoms with van der Waals surface area (Å²) in [4.78, 5) is 11.2. The molecule has 0 amide bonds. The first kappa shape index (κ1) is 9.71. The summed E-state index contributed by atoms with van der Waals surface area (Å²) in [6.45, 7) is 1.90. The van der Waals surface area contributed by atoms with E-state index in [1.807, 2.05) is 31.2 Å². The van der Waals surface area contributed by atoms with E-state index in [2.05, 4.69) is 15.9 Å². The molecule has 1 aliphatic rings. The molecule has 74 valence electrons. The molecule has 0 spiro atoms. The van der Waals surface area contributed by atoms with Gasteiger partial charge in [0.25, 0.3) is 0 Å². The summed E-state index contributed by atoms with van der Waals surface area (Å²) in [5.74, 6) is -0.0541. The third-order valence-electron chi connectivity index (χ3n) is 2.47. The van der Waals surface area contributed by atoms with Crippen LogP contribution in [-0.4, -0.2) is 5.97 Å². The fourth-order valence-corrected chi connectivity index (χ4v) is 1.87. The van der Waals surface area contributed by atoms with Crippen molar-refractivity contribution in [3.05, 3.63) is 34.3 Å². The standard InChI is InChI=1S/C11H11BrO2/c1-7-6-10(14-11(7)13)8-2-4-9(12)5-3-8/h2-5,7,10H,6H2,1H3/t7-,10+/m0/s1. The summed E-state index contributed by atoms with van der Waals surface area (Å²) in [6.07, 6.45) is 0.742. The topological polar surface area (TPSA) is 26.3 Å². The highest BCUT2D eigenvalue weighted by Crippen LogP contribution is 2.33. The number of ether oxygens (including phenoxy) is 1. The van der Waals surface area contributed by atoms with Gasteiger partial charge in [0.1, 0.15) is 6.10 Å². The third kappa shape index (κ3) is 1.82. The highest BCUT2D eigenvalue weighted by molar-refractivity contribution is 9.10. The molecule has 1 fully saturated rings. The summed E-state index contributed by atoms with van der Waals surface area (Å²) in [7, 11) is 0. The zero-order valence-electron chi connectivity index (χ0n) is 7.87. The number of carbonyl (C=O) groups excluding carboxylic acids is 1. The molecule has 1 aromatic carbocycles. The monoisotopic (exact) mass is 254 g/mol. The number of esters is 1. The second-order valence-electron chi connectivity index (χ2n) is 3.61. The van der Waals surface area contributed by atoms with Crippen LogP contribution in [0.25, 0.3) is 0 Å². The molecule has 0 saturated carbocycles. The van der Waals surface area contributed by atoms with Gasteiger partial charge in [0.2, 0.25) is 0 Å². The highest BCUT2D eigenvalue weighted by Gasteiger charge is 2.31. The molecule has 2 nitrogen and oxygen atoms in total. The molecule has 0 radical (unpaired) electrons. The van der Waals surface area contributed by atoms with Gasteiger partial charge in [-0.05, 0) is 17.7 Å². The molecular formula is C11H11BrO2. The number of rotatable bonds is 1. The van der Waals surface area contributed by atoms with Crippen molar-refractivity contribution in [1.29, 1.82) is 0 Å². The first-order valence-corrected chi connectivity index (χ1v) is 5.42. The van der Waals surface area contributed by atoms with Crippen molar-refractivity contribution in [3.63, 3.8) is 0 Å². The molecule has 1 aliphatic heterocycles. The summed E-state index contributed by atoms with van der Waals surface area (Å²) >= 11 is 3.37. The fraction of sp³-hybridized carbons (Fsp3) is 0.364. The average Bonchev–Trinajstić information content (AvgIpc) is 2.48. The Morgan fingerprint density at radius 1 is 1.36 bits per heavy atom. The molecule has 1 saturated heterocycles. The van der Waals surface area contributed by atoms with Crippen molar-refractivity contribution >= 4 is 21.9 Å². The maximum absolute atomic E-state index is 11.2. The van der Waals surface area contributed by atoms with E-state index in [9.17, 15) is 4.79 Å². The van der Waals surface area contributed by atoms with Crippen molar-refractivity contribution in [2.45, 2.75) is 19.4 Å². The van der Waals surface area contributed by atoms with Crippen LogP contribution in [0.2, 0.25) is 0 Å². The van der Waals surface area contributed by atoms with Gasteiger partial charge in [0.05, 0.1) is 5.92 Å². The Labute approximate surface area is 91.4 Å². The molecule has 1 heterocycles. The first-order chi connectivity index (χ1) is 6.66. The predicted octanol–water partition coefficient (Wildman–Crippen LogP) is 3.07. The van der Waals surface area contributed by atoms with Crippen molar-refractivity contribution < 1.29 is 9.53 Å². The fourth-order valence-electron chi connectivity index (χ4n) is 1.60. The Kier molecular flexibility index (Phi) is 2.59. The number of hydrogen-bond acceptors (Lipinski definition) is 2. The Morgan fingerprint density at radius 2 is 2.00 bits per heavy atom. The summed E-state index contributed by atoms with van der Waals surface area (Å²) < 4.78 is 6.29. The lowest BCUT2D eigenvalue weighted by molar-refractivity contribution is -0.144. The zero-order chi connectivity index (χ0) is 10.1. The molecule has 2 atom stereocenters. The van der Waals surface area contributed by atoms with E-state index in [0.717, 1.165) is 16.5 Å². The Balaban J connectivity index is 2.17. The minimum Gasteiger partial charge on any atom is -0.457 e. The maximum Gasteiger partial charge on any atom is 0.309 e. The van der Waals surface area contributed by atoms with Crippen molar-refractivity contribution in [2.75, 3.05) is 0 Å². The molecule has 0 unspecified atom stereocenters. The molecule has 0 N–H and O–H groups in total. The minimum absolute atomic E-state index is 0.0312. The van der Waals surface area contributed by atoms with E-state index in [4.69, 9.17) is 4.74 Å². The normalized spacial score (nSPS) is 26.3. The molecule has 2 rings (SSSR count). The zero-order valence-corrected chi connectivity index (χ0v) is 9.45. The third-order valence-corrected chi connectivity index (χ3v) is 3.00. The van der Waals surface area contributed by atoms with Gasteiger partial charge >= 0.3 is 5.97 Å². The van der Waals surface area contributed by atoms with E-state index in [0.29, 0.717) is 0 Å². The van der Waals surface area contributed by atoms with Gasteiger partial charge in [-0.3, -0.25) is 4.79 Å². The van der Waals surface area contributed by atoms with Crippen LogP contribution in [-0.2, 0) is 9.53 Å². The molecule has 3 heteroatoms. The van der Waals surface area contributed by atoms with Gasteiger partial charge in [-0.25, -0.2) is 0 Å². The highest BCUT2D eigenvalue weighted by atomic mass is 79.9. The number of halogens is 1. The van der Waals surface area contributed by atoms with E-state index in [1.54, 1.807) is 0 Å². The summed E-state index contributed by atoms with van der Waals surface area (Å²) in [5.41, 5.74) is 1.07. The number of hydrogen-bond donors (Lipinski definition) is 0. The lowest BCUT2D eigenvalue weighted by Gasteiger charge is -2.08. The Bertz CT molecular complexity index is 345. The molecule has 1 aromatic rings. The molecule has 14 heavy (non-hydrogen) atoms. The largest absolute Gasteiger partial charge is 0.457 e. The maximum atomic E-state index is 11.2.